The topological polar surface area (TPSA) is 114 Å². The van der Waals surface area contributed by atoms with Crippen LogP contribution in [0.25, 0.3) is 0 Å². The quantitative estimate of drug-likeness (QED) is 0.293. The van der Waals surface area contributed by atoms with Crippen molar-refractivity contribution in [1.82, 2.24) is 15.5 Å². The van der Waals surface area contributed by atoms with Crippen molar-refractivity contribution in [2.75, 3.05) is 45.9 Å². The highest BCUT2D eigenvalue weighted by Gasteiger charge is 2.21. The molecule has 2 aromatic carbocycles. The number of carbonyl (C=O) groups excluding carboxylic acids is 1. The van der Waals surface area contributed by atoms with Crippen LogP contribution in [0.3, 0.4) is 0 Å². The number of hydrogen-bond acceptors (Lipinski definition) is 7. The lowest BCUT2D eigenvalue weighted by molar-refractivity contribution is -0.120. The van der Waals surface area contributed by atoms with Crippen molar-refractivity contribution in [2.45, 2.75) is 44.8 Å². The number of carbonyl (C=O) groups is 1. The monoisotopic (exact) mass is 485 g/mol. The third kappa shape index (κ3) is 9.49. The number of hydrogen-bond donors (Lipinski definition) is 5. The van der Waals surface area contributed by atoms with Crippen LogP contribution in [0.15, 0.2) is 42.5 Å². The highest BCUT2D eigenvalue weighted by Crippen LogP contribution is 2.25. The van der Waals surface area contributed by atoms with E-state index in [-0.39, 0.29) is 29.5 Å². The molecule has 1 fully saturated rings. The van der Waals surface area contributed by atoms with E-state index in [1.165, 1.54) is 18.2 Å². The molecule has 192 valence electrons. The van der Waals surface area contributed by atoms with Gasteiger partial charge in [0.25, 0.3) is 0 Å². The number of aliphatic hydroxyl groups excluding tert-OH is 1. The Morgan fingerprint density at radius 1 is 1.09 bits per heavy atom. The summed E-state index contributed by atoms with van der Waals surface area (Å²) in [5.74, 6) is -0.147. The third-order valence-corrected chi connectivity index (χ3v) is 6.16. The number of phenolic OH excluding ortho intramolecular Hbond substituents is 2. The first kappa shape index (κ1) is 26.9. The van der Waals surface area contributed by atoms with Crippen LogP contribution in [-0.4, -0.2) is 77.6 Å². The Kier molecular flexibility index (Phi) is 9.92. The van der Waals surface area contributed by atoms with Crippen LogP contribution >= 0.6 is 0 Å². The zero-order valence-corrected chi connectivity index (χ0v) is 20.8. The van der Waals surface area contributed by atoms with Crippen molar-refractivity contribution in [1.29, 1.82) is 0 Å². The van der Waals surface area contributed by atoms with E-state index in [2.05, 4.69) is 21.6 Å². The maximum atomic E-state index is 12.4. The SMILES string of the molecule is CC(C)(Cc1cccc(CC(=O)NCCCN2CCOCC2)c1)NCC(O)c1cc(O)cc(O)c1. The Hall–Kier alpha value is -2.65. The minimum absolute atomic E-state index is 0.0269. The van der Waals surface area contributed by atoms with Gasteiger partial charge in [-0.25, -0.2) is 0 Å². The van der Waals surface area contributed by atoms with Gasteiger partial charge in [0.1, 0.15) is 11.5 Å². The minimum Gasteiger partial charge on any atom is -0.508 e. The van der Waals surface area contributed by atoms with E-state index in [9.17, 15) is 20.1 Å². The molecule has 1 heterocycles. The van der Waals surface area contributed by atoms with E-state index in [4.69, 9.17) is 4.74 Å². The molecule has 0 aromatic heterocycles. The van der Waals surface area contributed by atoms with E-state index in [1.807, 2.05) is 32.0 Å². The summed E-state index contributed by atoms with van der Waals surface area (Å²) < 4.78 is 5.36. The maximum absolute atomic E-state index is 12.4. The van der Waals surface area contributed by atoms with Gasteiger partial charge in [-0.1, -0.05) is 24.3 Å². The van der Waals surface area contributed by atoms with Crippen molar-refractivity contribution in [3.8, 4) is 11.5 Å². The van der Waals surface area contributed by atoms with Gasteiger partial charge in [0.15, 0.2) is 0 Å². The van der Waals surface area contributed by atoms with Crippen LogP contribution in [0.5, 0.6) is 11.5 Å². The average molecular weight is 486 g/mol. The summed E-state index contributed by atoms with van der Waals surface area (Å²) in [6.45, 7) is 9.52. The number of rotatable bonds is 12. The first-order valence-corrected chi connectivity index (χ1v) is 12.3. The molecular formula is C27H39N3O5. The van der Waals surface area contributed by atoms with Crippen LogP contribution in [0.4, 0.5) is 0 Å². The molecule has 5 N–H and O–H groups in total. The summed E-state index contributed by atoms with van der Waals surface area (Å²) in [7, 11) is 0. The molecule has 0 spiro atoms. The van der Waals surface area contributed by atoms with Gasteiger partial charge in [0, 0.05) is 37.8 Å². The van der Waals surface area contributed by atoms with E-state index in [1.54, 1.807) is 0 Å². The van der Waals surface area contributed by atoms with Gasteiger partial charge in [-0.2, -0.15) is 0 Å². The maximum Gasteiger partial charge on any atom is 0.224 e. The lowest BCUT2D eigenvalue weighted by atomic mass is 9.93. The van der Waals surface area contributed by atoms with Crippen LogP contribution in [-0.2, 0) is 22.4 Å². The number of nitrogens with zero attached hydrogens (tertiary/aromatic N) is 1. The molecule has 2 aromatic rings. The van der Waals surface area contributed by atoms with Crippen LogP contribution in [0.1, 0.15) is 43.1 Å². The van der Waals surface area contributed by atoms with Crippen LogP contribution < -0.4 is 10.6 Å². The predicted octanol–water partition coefficient (Wildman–Crippen LogP) is 2.12. The number of ether oxygens (including phenoxy) is 1. The van der Waals surface area contributed by atoms with Gasteiger partial charge in [-0.15, -0.1) is 0 Å². The van der Waals surface area contributed by atoms with E-state index >= 15 is 0 Å². The van der Waals surface area contributed by atoms with Gasteiger partial charge < -0.3 is 30.7 Å². The zero-order valence-electron chi connectivity index (χ0n) is 20.8. The lowest BCUT2D eigenvalue weighted by Crippen LogP contribution is -2.43. The summed E-state index contributed by atoms with van der Waals surface area (Å²) in [6, 6.07) is 12.1. The van der Waals surface area contributed by atoms with Gasteiger partial charge in [0.2, 0.25) is 5.91 Å². The fourth-order valence-electron chi connectivity index (χ4n) is 4.33. The molecule has 0 radical (unpaired) electrons. The average Bonchev–Trinajstić information content (AvgIpc) is 2.80. The molecule has 1 aliphatic heterocycles. The summed E-state index contributed by atoms with van der Waals surface area (Å²) in [5.41, 5.74) is 2.20. The Labute approximate surface area is 207 Å². The molecule has 0 saturated carbocycles. The number of aromatic hydroxyl groups is 2. The number of aliphatic hydroxyl groups is 1. The number of benzene rings is 2. The molecule has 1 unspecified atom stereocenters. The molecule has 0 bridgehead atoms. The fraction of sp³-hybridized carbons (Fsp3) is 0.519. The Balaban J connectivity index is 1.43. The molecule has 0 aliphatic carbocycles. The number of β-amino-alcohol motifs (C(OH)–C–C–N with tert-alkyl or cyclic N) is 1. The first-order valence-electron chi connectivity index (χ1n) is 12.3. The smallest absolute Gasteiger partial charge is 0.224 e. The van der Waals surface area contributed by atoms with Crippen LogP contribution in [0.2, 0.25) is 0 Å². The Bertz CT molecular complexity index is 939. The molecule has 1 saturated heterocycles. The standard InChI is InChI=1S/C27H39N3O5/c1-27(2,29-19-25(33)22-15-23(31)17-24(32)16-22)18-21-6-3-5-20(13-21)14-26(34)28-7-4-8-30-9-11-35-12-10-30/h3,5-6,13,15-17,25,29,31-33H,4,7-12,14,18-19H2,1-2H3,(H,28,34). The molecule has 1 atom stereocenters. The normalized spacial score (nSPS) is 15.6. The molecule has 8 heteroatoms. The van der Waals surface area contributed by atoms with E-state index in [0.29, 0.717) is 24.9 Å². The van der Waals surface area contributed by atoms with Crippen molar-refractivity contribution in [2.24, 2.45) is 0 Å². The second-order valence-corrected chi connectivity index (χ2v) is 9.89. The lowest BCUT2D eigenvalue weighted by Gasteiger charge is -2.28. The fourth-order valence-corrected chi connectivity index (χ4v) is 4.33. The minimum atomic E-state index is -0.870. The number of morpholine rings is 1. The second-order valence-electron chi connectivity index (χ2n) is 9.89. The van der Waals surface area contributed by atoms with E-state index in [0.717, 1.165) is 50.4 Å². The first-order chi connectivity index (χ1) is 16.7. The third-order valence-electron chi connectivity index (χ3n) is 6.16. The van der Waals surface area contributed by atoms with Crippen molar-refractivity contribution < 1.29 is 24.9 Å². The van der Waals surface area contributed by atoms with Crippen molar-refractivity contribution in [3.63, 3.8) is 0 Å². The Morgan fingerprint density at radius 2 is 1.77 bits per heavy atom. The second kappa shape index (κ2) is 12.9. The summed E-state index contributed by atoms with van der Waals surface area (Å²) >= 11 is 0. The molecule has 8 nitrogen and oxygen atoms in total. The highest BCUT2D eigenvalue weighted by atomic mass is 16.5. The van der Waals surface area contributed by atoms with Gasteiger partial charge in [-0.05, 0) is 62.1 Å². The molecule has 1 amide bonds. The number of amides is 1. The summed E-state index contributed by atoms with van der Waals surface area (Å²) in [5, 5.41) is 36.1. The molecular weight excluding hydrogens is 446 g/mol. The number of nitrogens with one attached hydrogen (secondary N) is 2. The van der Waals surface area contributed by atoms with Crippen molar-refractivity contribution >= 4 is 5.91 Å². The van der Waals surface area contributed by atoms with Crippen LogP contribution in [0, 0.1) is 0 Å². The Morgan fingerprint density at radius 3 is 2.49 bits per heavy atom. The van der Waals surface area contributed by atoms with Gasteiger partial charge in [0.05, 0.1) is 25.7 Å². The largest absolute Gasteiger partial charge is 0.508 e. The predicted molar refractivity (Wildman–Crippen MR) is 136 cm³/mol. The highest BCUT2D eigenvalue weighted by molar-refractivity contribution is 5.78. The van der Waals surface area contributed by atoms with E-state index < -0.39 is 6.10 Å². The molecule has 3 rings (SSSR count). The van der Waals surface area contributed by atoms with Gasteiger partial charge in [-0.3, -0.25) is 9.69 Å². The molecule has 35 heavy (non-hydrogen) atoms. The summed E-state index contributed by atoms with van der Waals surface area (Å²) in [6.07, 6.45) is 1.11. The van der Waals surface area contributed by atoms with Gasteiger partial charge >= 0.3 is 0 Å². The molecule has 1 aliphatic rings. The summed E-state index contributed by atoms with van der Waals surface area (Å²) in [4.78, 5) is 14.8. The van der Waals surface area contributed by atoms with Crippen molar-refractivity contribution in [3.05, 3.63) is 59.2 Å². The number of phenols is 2. The zero-order chi connectivity index (χ0) is 25.3.